The molecule has 0 aliphatic heterocycles. The van der Waals surface area contributed by atoms with Crippen molar-refractivity contribution in [2.75, 3.05) is 5.73 Å². The topological polar surface area (TPSA) is 63.3 Å². The molecule has 0 amide bonds. The molecule has 3 aromatic rings. The molecule has 3 N–H and O–H groups in total. The van der Waals surface area contributed by atoms with Gasteiger partial charge in [0, 0.05) is 16.7 Å². The summed E-state index contributed by atoms with van der Waals surface area (Å²) in [4.78, 5) is 11.5. The van der Waals surface area contributed by atoms with E-state index in [9.17, 15) is 4.79 Å². The summed E-state index contributed by atoms with van der Waals surface area (Å²) in [5.41, 5.74) is 13.2. The van der Waals surface area contributed by atoms with Crippen LogP contribution in [0, 0.1) is 0 Å². The average Bonchev–Trinajstić information content (AvgIpc) is 2.73. The number of allylic oxidation sites excluding steroid dienone is 1. The second kappa shape index (κ2) is 9.30. The van der Waals surface area contributed by atoms with Gasteiger partial charge in [-0.25, -0.2) is 4.79 Å². The Balaban J connectivity index is 2.19. The highest BCUT2D eigenvalue weighted by molar-refractivity contribution is 7.80. The molecular formula is C25H23NO2S. The lowest BCUT2D eigenvalue weighted by Gasteiger charge is -2.17. The number of benzene rings is 3. The van der Waals surface area contributed by atoms with Gasteiger partial charge in [0.25, 0.3) is 0 Å². The standard InChI is InChI=1S/C25H23NO2S/c1-2-21(18-6-4-3-5-7-18)25(20-13-14-23(29)22(26)16-20)19-11-8-17(9-12-19)10-15-24(27)28/h3-16,29H,2,26H2,1H3,(H,27,28)/b15-10+,25-21+. The first kappa shape index (κ1) is 20.5. The molecular weight excluding hydrogens is 378 g/mol. The maximum absolute atomic E-state index is 10.8. The van der Waals surface area contributed by atoms with Crippen LogP contribution in [0.2, 0.25) is 0 Å². The number of carboxylic acids is 1. The number of anilines is 1. The summed E-state index contributed by atoms with van der Waals surface area (Å²) < 4.78 is 0. The Labute approximate surface area is 176 Å². The minimum atomic E-state index is -0.964. The van der Waals surface area contributed by atoms with Gasteiger partial charge in [-0.1, -0.05) is 67.6 Å². The van der Waals surface area contributed by atoms with Crippen molar-refractivity contribution < 1.29 is 9.90 Å². The van der Waals surface area contributed by atoms with E-state index in [0.717, 1.165) is 45.2 Å². The molecule has 0 saturated heterocycles. The van der Waals surface area contributed by atoms with E-state index < -0.39 is 5.97 Å². The molecule has 146 valence electrons. The Kier molecular flexibility index (Phi) is 6.57. The Hall–Kier alpha value is -3.24. The van der Waals surface area contributed by atoms with E-state index >= 15 is 0 Å². The number of hydrogen-bond acceptors (Lipinski definition) is 3. The molecule has 0 saturated carbocycles. The fourth-order valence-corrected chi connectivity index (χ4v) is 3.46. The monoisotopic (exact) mass is 401 g/mol. The van der Waals surface area contributed by atoms with Crippen molar-refractivity contribution in [2.24, 2.45) is 0 Å². The third kappa shape index (κ3) is 4.98. The highest BCUT2D eigenvalue weighted by Crippen LogP contribution is 2.36. The SMILES string of the molecule is CC/C(=C(/c1ccc(/C=C/C(=O)O)cc1)c1ccc(S)c(N)c1)c1ccccc1. The van der Waals surface area contributed by atoms with E-state index in [1.54, 1.807) is 6.08 Å². The number of nitrogen functional groups attached to an aromatic ring is 1. The predicted molar refractivity (Wildman–Crippen MR) is 124 cm³/mol. The lowest BCUT2D eigenvalue weighted by molar-refractivity contribution is -0.131. The summed E-state index contributed by atoms with van der Waals surface area (Å²) in [7, 11) is 0. The number of rotatable bonds is 6. The zero-order valence-electron chi connectivity index (χ0n) is 16.2. The first-order valence-electron chi connectivity index (χ1n) is 9.38. The van der Waals surface area contributed by atoms with Crippen LogP contribution in [0.15, 0.2) is 83.8 Å². The summed E-state index contributed by atoms with van der Waals surface area (Å²) in [6, 6.07) is 24.1. The molecule has 0 fully saturated rings. The molecule has 0 heterocycles. The number of carboxylic acid groups (broad SMARTS) is 1. The third-order valence-corrected chi connectivity index (χ3v) is 5.12. The molecule has 3 aromatic carbocycles. The van der Waals surface area contributed by atoms with Crippen LogP contribution in [0.25, 0.3) is 17.2 Å². The zero-order valence-corrected chi connectivity index (χ0v) is 17.1. The highest BCUT2D eigenvalue weighted by atomic mass is 32.1. The van der Waals surface area contributed by atoms with Gasteiger partial charge in [0.15, 0.2) is 0 Å². The quantitative estimate of drug-likeness (QED) is 0.205. The van der Waals surface area contributed by atoms with Gasteiger partial charge in [-0.05, 0) is 58.0 Å². The van der Waals surface area contributed by atoms with Gasteiger partial charge in [0.2, 0.25) is 0 Å². The Morgan fingerprint density at radius 3 is 2.21 bits per heavy atom. The zero-order chi connectivity index (χ0) is 20.8. The van der Waals surface area contributed by atoms with Gasteiger partial charge >= 0.3 is 5.97 Å². The molecule has 0 unspecified atom stereocenters. The molecule has 0 bridgehead atoms. The first-order chi connectivity index (χ1) is 14.0. The number of aliphatic carboxylic acids is 1. The van der Waals surface area contributed by atoms with E-state index in [-0.39, 0.29) is 0 Å². The number of thiol groups is 1. The van der Waals surface area contributed by atoms with E-state index in [0.29, 0.717) is 5.69 Å². The largest absolute Gasteiger partial charge is 0.478 e. The Morgan fingerprint density at radius 2 is 1.62 bits per heavy atom. The van der Waals surface area contributed by atoms with Crippen LogP contribution in [0.1, 0.15) is 35.6 Å². The van der Waals surface area contributed by atoms with Crippen molar-refractivity contribution in [3.8, 4) is 0 Å². The molecule has 4 heteroatoms. The van der Waals surface area contributed by atoms with Crippen LogP contribution < -0.4 is 5.73 Å². The molecule has 0 aliphatic carbocycles. The molecule has 0 aliphatic rings. The van der Waals surface area contributed by atoms with Gasteiger partial charge < -0.3 is 10.8 Å². The van der Waals surface area contributed by atoms with Crippen molar-refractivity contribution in [2.45, 2.75) is 18.2 Å². The van der Waals surface area contributed by atoms with Gasteiger partial charge in [-0.2, -0.15) is 0 Å². The summed E-state index contributed by atoms with van der Waals surface area (Å²) in [6.45, 7) is 2.14. The molecule has 0 spiro atoms. The summed E-state index contributed by atoms with van der Waals surface area (Å²) >= 11 is 4.40. The number of carbonyl (C=O) groups is 1. The maximum Gasteiger partial charge on any atom is 0.328 e. The van der Waals surface area contributed by atoms with Crippen LogP contribution >= 0.6 is 12.6 Å². The minimum absolute atomic E-state index is 0.632. The summed E-state index contributed by atoms with van der Waals surface area (Å²) in [6.07, 6.45) is 3.57. The molecule has 3 nitrogen and oxygen atoms in total. The van der Waals surface area contributed by atoms with Crippen LogP contribution in [-0.4, -0.2) is 11.1 Å². The molecule has 0 radical (unpaired) electrons. The first-order valence-corrected chi connectivity index (χ1v) is 9.83. The molecule has 0 atom stereocenters. The van der Waals surface area contributed by atoms with Gasteiger partial charge in [0.1, 0.15) is 0 Å². The Morgan fingerprint density at radius 1 is 0.966 bits per heavy atom. The fourth-order valence-electron chi connectivity index (χ4n) is 3.32. The van der Waals surface area contributed by atoms with Crippen molar-refractivity contribution in [3.63, 3.8) is 0 Å². The van der Waals surface area contributed by atoms with Crippen molar-refractivity contribution in [1.29, 1.82) is 0 Å². The van der Waals surface area contributed by atoms with Crippen molar-refractivity contribution in [3.05, 3.63) is 101 Å². The lowest BCUT2D eigenvalue weighted by Crippen LogP contribution is -1.97. The van der Waals surface area contributed by atoms with Gasteiger partial charge in [0.05, 0.1) is 0 Å². The summed E-state index contributed by atoms with van der Waals surface area (Å²) in [5, 5.41) is 8.83. The minimum Gasteiger partial charge on any atom is -0.478 e. The van der Waals surface area contributed by atoms with Crippen LogP contribution in [-0.2, 0) is 4.79 Å². The normalized spacial score (nSPS) is 12.1. The third-order valence-electron chi connectivity index (χ3n) is 4.71. The second-order valence-electron chi connectivity index (χ2n) is 6.64. The van der Waals surface area contributed by atoms with E-state index in [2.05, 4.69) is 31.7 Å². The smallest absolute Gasteiger partial charge is 0.328 e. The van der Waals surface area contributed by atoms with Gasteiger partial charge in [-0.15, -0.1) is 12.6 Å². The van der Waals surface area contributed by atoms with E-state index in [1.165, 1.54) is 5.57 Å². The van der Waals surface area contributed by atoms with Crippen LogP contribution in [0.5, 0.6) is 0 Å². The van der Waals surface area contributed by atoms with Crippen LogP contribution in [0.3, 0.4) is 0 Å². The number of nitrogens with two attached hydrogens (primary N) is 1. The van der Waals surface area contributed by atoms with E-state index in [1.807, 2.05) is 60.7 Å². The maximum atomic E-state index is 10.8. The average molecular weight is 402 g/mol. The van der Waals surface area contributed by atoms with E-state index in [4.69, 9.17) is 10.8 Å². The molecule has 3 rings (SSSR count). The van der Waals surface area contributed by atoms with Gasteiger partial charge in [-0.3, -0.25) is 0 Å². The van der Waals surface area contributed by atoms with Crippen molar-refractivity contribution >= 4 is 41.5 Å². The van der Waals surface area contributed by atoms with Crippen molar-refractivity contribution in [1.82, 2.24) is 0 Å². The number of hydrogen-bond donors (Lipinski definition) is 3. The fraction of sp³-hybridized carbons (Fsp3) is 0.0800. The molecule has 29 heavy (non-hydrogen) atoms. The molecule has 0 aromatic heterocycles. The van der Waals surface area contributed by atoms with Crippen LogP contribution in [0.4, 0.5) is 5.69 Å². The lowest BCUT2D eigenvalue weighted by atomic mass is 9.87. The highest BCUT2D eigenvalue weighted by Gasteiger charge is 2.14. The second-order valence-corrected chi connectivity index (χ2v) is 7.12. The summed E-state index contributed by atoms with van der Waals surface area (Å²) in [5.74, 6) is -0.964. The predicted octanol–water partition coefficient (Wildman–Crippen LogP) is 6.02. The Bertz CT molecular complexity index is 1070.